The second kappa shape index (κ2) is 35.3. The number of nitrogens with zero attached hydrogens (tertiary/aromatic N) is 19. The van der Waals surface area contributed by atoms with E-state index in [0.29, 0.717) is 33.9 Å². The molecule has 718 valence electrons. The van der Waals surface area contributed by atoms with Gasteiger partial charge < -0.3 is 91.6 Å². The first-order valence-corrected chi connectivity index (χ1v) is 53.6. The van der Waals surface area contributed by atoms with E-state index in [0.717, 1.165) is 28.2 Å². The molecule has 10 saturated heterocycles. The van der Waals surface area contributed by atoms with Gasteiger partial charge in [-0.3, -0.25) is 92.8 Å². The average Bonchev–Trinajstić information content (AvgIpc) is 1.56. The van der Waals surface area contributed by atoms with Crippen molar-refractivity contribution in [1.29, 1.82) is 0 Å². The molecule has 71 heteroatoms. The topological polar surface area (TPSA) is 778 Å². The van der Waals surface area contributed by atoms with Gasteiger partial charge in [-0.2, -0.15) is 24.7 Å². The van der Waals surface area contributed by atoms with Crippen LogP contribution in [-0.2, 0) is 120 Å². The highest BCUT2D eigenvalue weighted by Crippen LogP contribution is 2.64. The van der Waals surface area contributed by atoms with Crippen LogP contribution in [0.25, 0.3) is 61.5 Å². The Kier molecular flexibility index (Phi) is 24.6. The number of alkyl halides is 3. The molecule has 57 nitrogen and oxygen atoms in total. The predicted octanol–water partition coefficient (Wildman–Crippen LogP) is 2.03. The molecule has 8 bridgehead atoms. The van der Waals surface area contributed by atoms with E-state index < -0.39 is 231 Å². The van der Waals surface area contributed by atoms with Gasteiger partial charge in [0.05, 0.1) is 123 Å². The molecule has 134 heavy (non-hydrogen) atoms. The first kappa shape index (κ1) is 93.5. The maximum absolute atomic E-state index is 16.0. The summed E-state index contributed by atoms with van der Waals surface area (Å²) in [5, 5.41) is 7.51. The van der Waals surface area contributed by atoms with E-state index in [1.54, 1.807) is 12.1 Å². The first-order chi connectivity index (χ1) is 63.6. The van der Waals surface area contributed by atoms with Crippen LogP contribution < -0.4 is 51.1 Å². The molecule has 12 aromatic heterocycles. The highest BCUT2D eigenvalue weighted by Gasteiger charge is 2.67. The predicted molar refractivity (Wildman–Crippen MR) is 464 cm³/mol. The largest absolute Gasteiger partial charge is 0.472 e. The number of phosphoric ester groups is 3. The maximum Gasteiger partial charge on any atom is 0.472 e. The highest BCUT2D eigenvalue weighted by atomic mass is 32.7. The lowest BCUT2D eigenvalue weighted by Crippen LogP contribution is -2.45. The van der Waals surface area contributed by atoms with Gasteiger partial charge in [0.2, 0.25) is 17.8 Å². The standard InChI is InChI=1S/C22H24FN9O10P2S2.C21H25N9O10P2S.C20H22F2N10O9P2S2/c23-10-9-3-38-43(34,35)42-15-14-19(31-6-27-11-8(24)1-2-26-16(11)31)40-22(15,4-37-14)5-39-44(36,45)41-13(10)20(46-9)32-7-28-12-17(32)29-21(25)30-18(12)33;22-10-1-2-26-30-11(5-24-17(10)30)12-4-13-15(38-12)7-36-42(34,43)40-14-3-9(6-35-41(32,33)39-13)37-20(14)29-8-25-16-18(29)27-21(23)28-19(16)31;21-9-8-4-37-42(34,35)40-13-7(39-18(10(13)22)32-15-11(29-30-32)6(23)1-2-25-15)3-38-43(36,44)41-14(9)19(45-8)31-5-26-12-16(31)27-20(24)28-17(12)33/h1-2,6-7,9-10,13-15,19-20H,3-5H2,(H2,24,26)(H,34,35)(H,36,45)(H3,25,29,30,33);1-2,5,8-9,12-15,20H,3-4,6-7,22H2,(H,32,33)(H,34,43)(H3,23,27,28,31);1-2,5,7-10,13-14,18-19H,3-4H2,(H2,23,25)(H,34,35)(H,36,44)(H3,24,27,28,33)/t9-,10+,13-,14-,15+,19-,20-,22-,44?;9-,12+,13-,14+,15+,20+,42?;7-,8-,9+,10+,13-,14-,18-,19-,43?/m101/s1. The normalized spacial score (nSPS) is 37.6. The number of phosphoric acid groups is 3. The number of hydrogen-bond donors (Lipinski definition) is 15. The number of nitrogen functional groups attached to an aromatic ring is 6. The second-order valence-electron chi connectivity index (χ2n) is 31.1. The van der Waals surface area contributed by atoms with Gasteiger partial charge in [-0.25, -0.2) is 70.8 Å². The third-order valence-electron chi connectivity index (χ3n) is 22.5. The number of fused-ring (bicyclic) bond motifs is 14. The Labute approximate surface area is 766 Å². The molecule has 12 aromatic rings. The number of anilines is 6. The smallest absolute Gasteiger partial charge is 0.397 e. The molecule has 22 rings (SSSR count). The van der Waals surface area contributed by atoms with Crippen molar-refractivity contribution in [3.63, 3.8) is 0 Å². The molecule has 20 N–H and O–H groups in total. The summed E-state index contributed by atoms with van der Waals surface area (Å²) in [7, 11) is -14.7. The molecule has 10 fully saturated rings. The van der Waals surface area contributed by atoms with E-state index in [-0.39, 0.29) is 87.6 Å². The Bertz CT molecular complexity index is 7160. The Morgan fingerprint density at radius 2 is 1.02 bits per heavy atom. The minimum absolute atomic E-state index is 0.00936. The van der Waals surface area contributed by atoms with Crippen molar-refractivity contribution >= 4 is 199 Å². The van der Waals surface area contributed by atoms with Gasteiger partial charge in [0.15, 0.2) is 80.8 Å². The van der Waals surface area contributed by atoms with Crippen molar-refractivity contribution in [3.8, 4) is 0 Å². The summed E-state index contributed by atoms with van der Waals surface area (Å²) in [6, 6.07) is 4.64. The molecule has 0 amide bonds. The fourth-order valence-electron chi connectivity index (χ4n) is 16.6. The summed E-state index contributed by atoms with van der Waals surface area (Å²) < 4.78 is 205. The van der Waals surface area contributed by atoms with Gasteiger partial charge in [0.25, 0.3) is 16.7 Å². The number of thiol groups is 1. The quantitative estimate of drug-likeness (QED) is 0.0836. The Morgan fingerprint density at radius 3 is 1.65 bits per heavy atom. The van der Waals surface area contributed by atoms with Crippen molar-refractivity contribution in [2.24, 2.45) is 0 Å². The number of nitrogens with two attached hydrogens (primary N) is 6. The maximum atomic E-state index is 16.0. The number of rotatable bonds is 6. The van der Waals surface area contributed by atoms with Gasteiger partial charge >= 0.3 is 43.7 Å². The van der Waals surface area contributed by atoms with Crippen molar-refractivity contribution < 1.29 is 134 Å². The lowest BCUT2D eigenvalue weighted by molar-refractivity contribution is -0.183. The number of pyridine rings is 2. The van der Waals surface area contributed by atoms with Crippen LogP contribution in [0.5, 0.6) is 0 Å². The monoisotopic (exact) mass is 2090 g/mol. The fraction of sp³-hybridized carbons (Fsp3) is 0.492. The van der Waals surface area contributed by atoms with Crippen molar-refractivity contribution in [3.05, 3.63) is 105 Å². The Balaban J connectivity index is 0.000000125. The average molecular weight is 2090 g/mol. The van der Waals surface area contributed by atoms with E-state index in [1.165, 1.54) is 78.9 Å². The fourth-order valence-corrected chi connectivity index (χ4v) is 27.1. The Hall–Kier alpha value is -8.18. The van der Waals surface area contributed by atoms with Gasteiger partial charge in [0.1, 0.15) is 95.2 Å². The minimum Gasteiger partial charge on any atom is -0.397 e. The van der Waals surface area contributed by atoms with Crippen LogP contribution in [0.3, 0.4) is 0 Å². The summed E-state index contributed by atoms with van der Waals surface area (Å²) >= 11 is 16.4. The molecular formula is C63H71F3N28O29P6S5. The molecule has 6 unspecified atom stereocenters. The molecule has 10 aliphatic rings. The van der Waals surface area contributed by atoms with Crippen molar-refractivity contribution in [2.75, 3.05) is 80.7 Å². The van der Waals surface area contributed by atoms with Gasteiger partial charge in [0, 0.05) is 25.2 Å². The van der Waals surface area contributed by atoms with E-state index >= 15 is 13.2 Å². The number of hydrogen-bond acceptors (Lipinski definition) is 47. The van der Waals surface area contributed by atoms with Crippen LogP contribution in [0.1, 0.15) is 54.1 Å². The lowest BCUT2D eigenvalue weighted by atomic mass is 10.0. The van der Waals surface area contributed by atoms with E-state index in [1.807, 2.05) is 0 Å². The molecule has 0 aromatic carbocycles. The lowest BCUT2D eigenvalue weighted by Gasteiger charge is -2.33. The number of ether oxygens (including phenoxy) is 5. The zero-order valence-corrected chi connectivity index (χ0v) is 76.8. The van der Waals surface area contributed by atoms with Crippen LogP contribution in [0.15, 0.2) is 82.7 Å². The van der Waals surface area contributed by atoms with Crippen LogP contribution in [0, 0.1) is 0 Å². The summed E-state index contributed by atoms with van der Waals surface area (Å²) in [6.07, 6.45) is -11.9. The Morgan fingerprint density at radius 1 is 0.485 bits per heavy atom. The van der Waals surface area contributed by atoms with Crippen LogP contribution in [0.2, 0.25) is 0 Å². The number of thioether (sulfide) groups is 2. The number of nitrogens with one attached hydrogen (secondary N) is 3. The van der Waals surface area contributed by atoms with Gasteiger partial charge in [-0.15, -0.1) is 28.6 Å². The van der Waals surface area contributed by atoms with E-state index in [2.05, 4.69) is 92.5 Å². The number of imidazole rings is 5. The molecule has 10 aliphatic heterocycles. The molecule has 0 spiro atoms. The third-order valence-corrected chi connectivity index (χ3v) is 33.3. The molecule has 28 atom stereocenters. The van der Waals surface area contributed by atoms with Crippen LogP contribution in [-0.4, -0.2) is 274 Å². The van der Waals surface area contributed by atoms with Crippen molar-refractivity contribution in [1.82, 2.24) is 108 Å². The third kappa shape index (κ3) is 17.8. The molecule has 0 radical (unpaired) electrons. The summed E-state index contributed by atoms with van der Waals surface area (Å²) in [4.78, 5) is 140. The van der Waals surface area contributed by atoms with Gasteiger partial charge in [-0.1, -0.05) is 17.5 Å². The van der Waals surface area contributed by atoms with Crippen LogP contribution >= 0.6 is 79.5 Å². The minimum atomic E-state index is -5.09. The zero-order valence-electron chi connectivity index (χ0n) is 67.2. The molecular weight excluding hydrogens is 2020 g/mol. The zero-order chi connectivity index (χ0) is 94.1. The highest BCUT2D eigenvalue weighted by molar-refractivity contribution is 8.44. The SMILES string of the molecule is Nc1nc2c(ncn2[C@@H]2O[C@@H]3COP(=O)(O)O[C@H]4C[C@H](c5cnc6c(N)ccnn56)O[C@@H]4COP(=O)(S)O[C@@H]2C3)c(=O)[nH]1.Nc1nc2c(ncn2[C@@H]2S[C@@H]3COP(=O)(O)O[C@H]4[C@H](F)[C@H](n5nnc6c(N)ccnc65)O[C@@H]4COP(O)(=S)O[C@@H]2[C@H]3F)c(=O)[nH]1.Nc1nc2c(ncn2[C@@H]2S[C@@H]3COP(=O)(O)O[C@H]4[C@H]5OC[C@]4(COP(O)(=S)O[C@@H]2[C@H]3F)O[C@H]5n2cnc3c(N)ccnc32)c(=O)[nH]1. The number of halogens is 3. The number of aromatic nitrogens is 22. The summed E-state index contributed by atoms with van der Waals surface area (Å²) in [5.74, 6) is -0.613. The van der Waals surface area contributed by atoms with E-state index in [9.17, 15) is 57.1 Å². The first-order valence-electron chi connectivity index (χ1n) is 39.3. The number of H-pyrrole nitrogens is 3. The number of aromatic amines is 3. The van der Waals surface area contributed by atoms with Crippen LogP contribution in [0.4, 0.5) is 48.1 Å². The summed E-state index contributed by atoms with van der Waals surface area (Å²) in [5.41, 5.74) is 34.3. The van der Waals surface area contributed by atoms with Crippen molar-refractivity contribution in [2.45, 2.75) is 144 Å². The van der Waals surface area contributed by atoms with E-state index in [4.69, 9.17) is 136 Å². The summed E-state index contributed by atoms with van der Waals surface area (Å²) in [6.45, 7) is -16.4. The molecule has 22 heterocycles. The van der Waals surface area contributed by atoms with Gasteiger partial charge in [-0.05, 0) is 41.8 Å². The molecule has 0 saturated carbocycles. The second-order valence-corrected chi connectivity index (χ2v) is 46.5. The molecule has 0 aliphatic carbocycles.